The van der Waals surface area contributed by atoms with Gasteiger partial charge in [-0.1, -0.05) is 29.8 Å². The molecule has 0 spiro atoms. The predicted octanol–water partition coefficient (Wildman–Crippen LogP) is 2.23. The zero-order chi connectivity index (χ0) is 20.6. The maximum absolute atomic E-state index is 5.56. The molecule has 2 saturated heterocycles. The molecule has 1 aromatic carbocycles. The fraction of sp³-hybridized carbons (Fsp3) is 0.696. The van der Waals surface area contributed by atoms with Gasteiger partial charge in [-0.25, -0.2) is 0 Å². The number of benzene rings is 1. The summed E-state index contributed by atoms with van der Waals surface area (Å²) in [7, 11) is 1.87. The Bertz CT molecular complexity index is 656. The zero-order valence-corrected chi connectivity index (χ0v) is 18.7. The number of hydrogen-bond donors (Lipinski definition) is 2. The zero-order valence-electron chi connectivity index (χ0n) is 18.7. The Kier molecular flexibility index (Phi) is 8.33. The molecule has 0 bridgehead atoms. The van der Waals surface area contributed by atoms with Gasteiger partial charge in [0.15, 0.2) is 5.96 Å². The Hall–Kier alpha value is -1.63. The van der Waals surface area contributed by atoms with Crippen molar-refractivity contribution in [2.75, 3.05) is 46.4 Å². The van der Waals surface area contributed by atoms with E-state index in [0.29, 0.717) is 18.1 Å². The molecular formula is C23H39N5O. The van der Waals surface area contributed by atoms with E-state index in [2.05, 4.69) is 70.5 Å². The number of guanidine groups is 1. The average Bonchev–Trinajstić information content (AvgIpc) is 2.72. The maximum atomic E-state index is 5.56. The lowest BCUT2D eigenvalue weighted by molar-refractivity contribution is -0.0174. The van der Waals surface area contributed by atoms with Crippen LogP contribution in [0.5, 0.6) is 0 Å². The second kappa shape index (κ2) is 11.0. The minimum Gasteiger partial charge on any atom is -0.379 e. The van der Waals surface area contributed by atoms with Crippen molar-refractivity contribution in [3.63, 3.8) is 0 Å². The minimum absolute atomic E-state index is 0.462. The van der Waals surface area contributed by atoms with Gasteiger partial charge in [0, 0.05) is 57.9 Å². The summed E-state index contributed by atoms with van der Waals surface area (Å²) in [6.07, 6.45) is 2.31. The van der Waals surface area contributed by atoms with Crippen LogP contribution in [0.15, 0.2) is 29.3 Å². The van der Waals surface area contributed by atoms with Crippen LogP contribution in [0.1, 0.15) is 37.8 Å². The van der Waals surface area contributed by atoms with Gasteiger partial charge in [-0.05, 0) is 39.2 Å². The van der Waals surface area contributed by atoms with E-state index < -0.39 is 0 Å². The standard InChI is InChI=1S/C23H39N5O/c1-18-6-5-7-21(14-18)16-27-10-8-22(9-11-27)26-23(24-4)25-15-19(2)28-12-13-29-17-20(28)3/h5-7,14,19-20,22H,8-13,15-17H2,1-4H3,(H2,24,25,26). The van der Waals surface area contributed by atoms with E-state index in [9.17, 15) is 0 Å². The number of nitrogens with one attached hydrogen (secondary N) is 2. The van der Waals surface area contributed by atoms with Crippen LogP contribution in [0.4, 0.5) is 0 Å². The van der Waals surface area contributed by atoms with E-state index in [-0.39, 0.29) is 0 Å². The van der Waals surface area contributed by atoms with Crippen molar-refractivity contribution in [2.45, 2.75) is 58.3 Å². The van der Waals surface area contributed by atoms with Gasteiger partial charge in [-0.15, -0.1) is 0 Å². The number of nitrogens with zero attached hydrogens (tertiary/aromatic N) is 3. The number of piperidine rings is 1. The topological polar surface area (TPSA) is 52.1 Å². The minimum atomic E-state index is 0.462. The normalized spacial score (nSPS) is 23.7. The maximum Gasteiger partial charge on any atom is 0.191 e. The molecule has 6 heteroatoms. The van der Waals surface area contributed by atoms with Crippen LogP contribution < -0.4 is 10.6 Å². The molecule has 162 valence electrons. The van der Waals surface area contributed by atoms with E-state index in [1.165, 1.54) is 11.1 Å². The Morgan fingerprint density at radius 1 is 1.28 bits per heavy atom. The van der Waals surface area contributed by atoms with Gasteiger partial charge in [-0.2, -0.15) is 0 Å². The van der Waals surface area contributed by atoms with Gasteiger partial charge < -0.3 is 15.4 Å². The summed E-state index contributed by atoms with van der Waals surface area (Å²) in [4.78, 5) is 9.53. The molecule has 6 nitrogen and oxygen atoms in total. The molecule has 2 N–H and O–H groups in total. The Labute approximate surface area is 176 Å². The lowest BCUT2D eigenvalue weighted by Crippen LogP contribution is -2.54. The van der Waals surface area contributed by atoms with Crippen LogP contribution in [0.3, 0.4) is 0 Å². The predicted molar refractivity (Wildman–Crippen MR) is 120 cm³/mol. The highest BCUT2D eigenvalue weighted by molar-refractivity contribution is 5.80. The number of aryl methyl sites for hydroxylation is 1. The van der Waals surface area contributed by atoms with Gasteiger partial charge in [0.1, 0.15) is 0 Å². The molecule has 2 atom stereocenters. The average molecular weight is 402 g/mol. The molecule has 2 heterocycles. The van der Waals surface area contributed by atoms with Gasteiger partial charge in [-0.3, -0.25) is 14.8 Å². The number of hydrogen-bond acceptors (Lipinski definition) is 4. The Morgan fingerprint density at radius 2 is 2.07 bits per heavy atom. The third-order valence-corrected chi connectivity index (χ3v) is 6.19. The first-order valence-electron chi connectivity index (χ1n) is 11.1. The highest BCUT2D eigenvalue weighted by Crippen LogP contribution is 2.15. The molecule has 0 radical (unpaired) electrons. The molecular weight excluding hydrogens is 362 g/mol. The summed E-state index contributed by atoms with van der Waals surface area (Å²) in [5.41, 5.74) is 2.76. The fourth-order valence-corrected chi connectivity index (χ4v) is 4.45. The molecule has 3 rings (SSSR count). The van der Waals surface area contributed by atoms with Crippen molar-refractivity contribution in [1.29, 1.82) is 0 Å². The van der Waals surface area contributed by atoms with E-state index in [4.69, 9.17) is 4.74 Å². The quantitative estimate of drug-likeness (QED) is 0.566. The summed E-state index contributed by atoms with van der Waals surface area (Å²) in [5, 5.41) is 7.17. The molecule has 1 aromatic rings. The first-order valence-corrected chi connectivity index (χ1v) is 11.1. The molecule has 0 aliphatic carbocycles. The Balaban J connectivity index is 1.39. The van der Waals surface area contributed by atoms with Gasteiger partial charge in [0.05, 0.1) is 13.2 Å². The van der Waals surface area contributed by atoms with Crippen LogP contribution >= 0.6 is 0 Å². The molecule has 2 fully saturated rings. The lowest BCUT2D eigenvalue weighted by atomic mass is 10.0. The van der Waals surface area contributed by atoms with Crippen LogP contribution in [-0.2, 0) is 11.3 Å². The van der Waals surface area contributed by atoms with Crippen molar-refractivity contribution in [1.82, 2.24) is 20.4 Å². The van der Waals surface area contributed by atoms with Crippen molar-refractivity contribution in [2.24, 2.45) is 4.99 Å². The van der Waals surface area contributed by atoms with E-state index >= 15 is 0 Å². The summed E-state index contributed by atoms with van der Waals surface area (Å²) in [6.45, 7) is 13.6. The third-order valence-electron chi connectivity index (χ3n) is 6.19. The number of rotatable bonds is 6. The highest BCUT2D eigenvalue weighted by Gasteiger charge is 2.24. The van der Waals surface area contributed by atoms with E-state index in [1.807, 2.05) is 7.05 Å². The number of ether oxygens (including phenoxy) is 1. The van der Waals surface area contributed by atoms with Crippen LogP contribution in [-0.4, -0.2) is 80.3 Å². The molecule has 29 heavy (non-hydrogen) atoms. The van der Waals surface area contributed by atoms with Crippen molar-refractivity contribution in [3.8, 4) is 0 Å². The second-order valence-electron chi connectivity index (χ2n) is 8.65. The number of likely N-dealkylation sites (tertiary alicyclic amines) is 1. The Morgan fingerprint density at radius 3 is 2.76 bits per heavy atom. The summed E-state index contributed by atoms with van der Waals surface area (Å²) in [5.74, 6) is 0.926. The van der Waals surface area contributed by atoms with Gasteiger partial charge >= 0.3 is 0 Å². The van der Waals surface area contributed by atoms with Crippen LogP contribution in [0, 0.1) is 6.92 Å². The SMILES string of the molecule is CN=C(NCC(C)N1CCOCC1C)NC1CCN(Cc2cccc(C)c2)CC1. The summed E-state index contributed by atoms with van der Waals surface area (Å²) < 4.78 is 5.56. The number of morpholine rings is 1. The molecule has 2 unspecified atom stereocenters. The smallest absolute Gasteiger partial charge is 0.191 e. The fourth-order valence-electron chi connectivity index (χ4n) is 4.45. The molecule has 2 aliphatic heterocycles. The van der Waals surface area contributed by atoms with Crippen LogP contribution in [0.25, 0.3) is 0 Å². The molecule has 0 amide bonds. The highest BCUT2D eigenvalue weighted by atomic mass is 16.5. The summed E-state index contributed by atoms with van der Waals surface area (Å²) >= 11 is 0. The molecule has 0 aromatic heterocycles. The monoisotopic (exact) mass is 401 g/mol. The first kappa shape index (κ1) is 22.1. The number of aliphatic imine (C=N–C) groups is 1. The van der Waals surface area contributed by atoms with Gasteiger partial charge in [0.2, 0.25) is 0 Å². The van der Waals surface area contributed by atoms with Gasteiger partial charge in [0.25, 0.3) is 0 Å². The molecule has 0 saturated carbocycles. The summed E-state index contributed by atoms with van der Waals surface area (Å²) in [6, 6.07) is 10.3. The largest absolute Gasteiger partial charge is 0.379 e. The molecule has 2 aliphatic rings. The van der Waals surface area contributed by atoms with Crippen LogP contribution in [0.2, 0.25) is 0 Å². The third kappa shape index (κ3) is 6.69. The van der Waals surface area contributed by atoms with Crippen molar-refractivity contribution in [3.05, 3.63) is 35.4 Å². The second-order valence-corrected chi connectivity index (χ2v) is 8.65. The van der Waals surface area contributed by atoms with E-state index in [0.717, 1.165) is 64.7 Å². The first-order chi connectivity index (χ1) is 14.0. The van der Waals surface area contributed by atoms with Crippen molar-refractivity contribution >= 4 is 5.96 Å². The lowest BCUT2D eigenvalue weighted by Gasteiger charge is -2.38. The van der Waals surface area contributed by atoms with E-state index in [1.54, 1.807) is 0 Å². The van der Waals surface area contributed by atoms with Crippen molar-refractivity contribution < 1.29 is 4.74 Å².